The van der Waals surface area contributed by atoms with E-state index < -0.39 is 5.54 Å². The highest BCUT2D eigenvalue weighted by Crippen LogP contribution is 2.28. The first kappa shape index (κ1) is 18.8. The molecule has 3 aromatic rings. The maximum Gasteiger partial charge on any atom is 0.223 e. The van der Waals surface area contributed by atoms with Crippen LogP contribution in [0.3, 0.4) is 0 Å². The van der Waals surface area contributed by atoms with Crippen LogP contribution in [0.4, 0.5) is 5.95 Å². The third-order valence-electron chi connectivity index (χ3n) is 3.91. The van der Waals surface area contributed by atoms with Gasteiger partial charge in [-0.15, -0.1) is 0 Å². The molecule has 0 aromatic carbocycles. The van der Waals surface area contributed by atoms with Crippen LogP contribution in [0.15, 0.2) is 55.4 Å². The minimum Gasteiger partial charge on any atom is -0.385 e. The lowest BCUT2D eigenvalue weighted by molar-refractivity contribution is 0.580. The van der Waals surface area contributed by atoms with Gasteiger partial charge in [0.1, 0.15) is 5.69 Å². The van der Waals surface area contributed by atoms with E-state index in [4.69, 9.17) is 11.6 Å². The molecule has 0 spiro atoms. The second-order valence-corrected chi connectivity index (χ2v) is 7.18. The third-order valence-corrected chi connectivity index (χ3v) is 4.21. The van der Waals surface area contributed by atoms with Crippen LogP contribution in [-0.2, 0) is 12.1 Å². The van der Waals surface area contributed by atoms with Gasteiger partial charge in [-0.25, -0.2) is 14.6 Å². The fraction of sp³-hybridized carbons (Fsp3) is 0.263. The molecule has 0 saturated carbocycles. The summed E-state index contributed by atoms with van der Waals surface area (Å²) in [6.45, 7) is 10.4. The smallest absolute Gasteiger partial charge is 0.223 e. The van der Waals surface area contributed by atoms with Crippen LogP contribution in [0.2, 0.25) is 5.02 Å². The van der Waals surface area contributed by atoms with E-state index in [1.165, 1.54) is 0 Å². The molecule has 0 aliphatic heterocycles. The predicted octanol–water partition coefficient (Wildman–Crippen LogP) is 3.68. The molecule has 3 rings (SSSR count). The van der Waals surface area contributed by atoms with E-state index >= 15 is 0 Å². The van der Waals surface area contributed by atoms with Gasteiger partial charge in [0.25, 0.3) is 0 Å². The molecule has 0 bridgehead atoms. The number of nitrogens with zero attached hydrogens (tertiary/aromatic N) is 5. The lowest BCUT2D eigenvalue weighted by Gasteiger charge is -2.26. The molecular formula is C19H22ClN7. The second kappa shape index (κ2) is 7.75. The summed E-state index contributed by atoms with van der Waals surface area (Å²) in [4.78, 5) is 13.2. The van der Waals surface area contributed by atoms with Crippen LogP contribution in [0.1, 0.15) is 32.0 Å². The highest BCUT2D eigenvalue weighted by atomic mass is 35.5. The first-order valence-corrected chi connectivity index (χ1v) is 8.87. The van der Waals surface area contributed by atoms with Crippen LogP contribution in [0.25, 0.3) is 5.69 Å². The minimum atomic E-state index is -0.521. The van der Waals surface area contributed by atoms with E-state index in [1.54, 1.807) is 35.5 Å². The quantitative estimate of drug-likeness (QED) is 0.647. The molecule has 8 heteroatoms. The van der Waals surface area contributed by atoms with Crippen molar-refractivity contribution in [3.8, 4) is 5.69 Å². The summed E-state index contributed by atoms with van der Waals surface area (Å²) in [5, 5.41) is 11.4. The fourth-order valence-corrected chi connectivity index (χ4v) is 2.89. The Morgan fingerprint density at radius 2 is 1.96 bits per heavy atom. The number of hydrogen-bond acceptors (Lipinski definition) is 6. The second-order valence-electron chi connectivity index (χ2n) is 6.78. The molecule has 0 radical (unpaired) electrons. The van der Waals surface area contributed by atoms with Gasteiger partial charge in [-0.3, -0.25) is 4.98 Å². The fourth-order valence-electron chi connectivity index (χ4n) is 2.53. The van der Waals surface area contributed by atoms with Crippen LogP contribution in [-0.4, -0.2) is 24.7 Å². The minimum absolute atomic E-state index is 0.488. The molecule has 0 saturated heterocycles. The average Bonchev–Trinajstić information content (AvgIpc) is 3.09. The summed E-state index contributed by atoms with van der Waals surface area (Å²) in [5.41, 5.74) is 2.95. The normalized spacial score (nSPS) is 11.3. The summed E-state index contributed by atoms with van der Waals surface area (Å²) in [6.07, 6.45) is 8.88. The van der Waals surface area contributed by atoms with Crippen molar-refractivity contribution in [2.45, 2.75) is 32.9 Å². The monoisotopic (exact) mass is 383 g/mol. The molecule has 2 N–H and O–H groups in total. The SMILES string of the molecule is C=C(C)NCc1cnn(-c2cnc(NC(C)(C)c3ncccc3Cl)nc2)c1. The van der Waals surface area contributed by atoms with Gasteiger partial charge in [-0.2, -0.15) is 5.10 Å². The van der Waals surface area contributed by atoms with Crippen molar-refractivity contribution in [1.82, 2.24) is 30.0 Å². The Labute approximate surface area is 163 Å². The Morgan fingerprint density at radius 3 is 2.63 bits per heavy atom. The summed E-state index contributed by atoms with van der Waals surface area (Å²) >= 11 is 6.26. The van der Waals surface area contributed by atoms with Gasteiger partial charge in [-0.1, -0.05) is 18.2 Å². The Hall–Kier alpha value is -2.93. The first-order valence-electron chi connectivity index (χ1n) is 8.50. The predicted molar refractivity (Wildman–Crippen MR) is 107 cm³/mol. The molecule has 0 fully saturated rings. The molecule has 0 amide bonds. The van der Waals surface area contributed by atoms with Gasteiger partial charge in [0.05, 0.1) is 34.8 Å². The zero-order valence-corrected chi connectivity index (χ0v) is 16.3. The summed E-state index contributed by atoms with van der Waals surface area (Å²) < 4.78 is 1.74. The van der Waals surface area contributed by atoms with Gasteiger partial charge in [0, 0.05) is 30.2 Å². The number of anilines is 1. The van der Waals surface area contributed by atoms with E-state index in [-0.39, 0.29) is 0 Å². The summed E-state index contributed by atoms with van der Waals surface area (Å²) in [6, 6.07) is 3.62. The first-order chi connectivity index (χ1) is 12.8. The van der Waals surface area contributed by atoms with Crippen molar-refractivity contribution in [1.29, 1.82) is 0 Å². The number of nitrogens with one attached hydrogen (secondary N) is 2. The molecule has 27 heavy (non-hydrogen) atoms. The molecule has 3 aromatic heterocycles. The zero-order chi connectivity index (χ0) is 19.4. The molecule has 0 aliphatic rings. The number of rotatable bonds is 7. The van der Waals surface area contributed by atoms with Crippen molar-refractivity contribution < 1.29 is 0 Å². The Kier molecular flexibility index (Phi) is 5.41. The molecule has 0 atom stereocenters. The highest BCUT2D eigenvalue weighted by molar-refractivity contribution is 6.31. The average molecular weight is 384 g/mol. The summed E-state index contributed by atoms with van der Waals surface area (Å²) in [7, 11) is 0. The van der Waals surface area contributed by atoms with E-state index in [0.29, 0.717) is 17.5 Å². The Balaban J connectivity index is 1.72. The Bertz CT molecular complexity index is 931. The number of hydrogen-bond donors (Lipinski definition) is 2. The lowest BCUT2D eigenvalue weighted by Crippen LogP contribution is -2.30. The van der Waals surface area contributed by atoms with Crippen molar-refractivity contribution in [2.75, 3.05) is 5.32 Å². The van der Waals surface area contributed by atoms with E-state index in [0.717, 1.165) is 22.6 Å². The van der Waals surface area contributed by atoms with E-state index in [9.17, 15) is 0 Å². The zero-order valence-electron chi connectivity index (χ0n) is 15.6. The van der Waals surface area contributed by atoms with Gasteiger partial charge in [0.15, 0.2) is 0 Å². The number of allylic oxidation sites excluding steroid dienone is 1. The van der Waals surface area contributed by atoms with Crippen molar-refractivity contribution >= 4 is 17.5 Å². The lowest BCUT2D eigenvalue weighted by atomic mass is 10.00. The van der Waals surface area contributed by atoms with Crippen LogP contribution >= 0.6 is 11.6 Å². The van der Waals surface area contributed by atoms with Crippen molar-refractivity contribution in [3.63, 3.8) is 0 Å². The van der Waals surface area contributed by atoms with Gasteiger partial charge in [0.2, 0.25) is 5.95 Å². The number of pyridine rings is 1. The van der Waals surface area contributed by atoms with Gasteiger partial charge in [-0.05, 0) is 32.9 Å². The van der Waals surface area contributed by atoms with E-state index in [1.807, 2.05) is 33.0 Å². The number of halogens is 1. The van der Waals surface area contributed by atoms with Crippen LogP contribution in [0, 0.1) is 0 Å². The molecule has 140 valence electrons. The van der Waals surface area contributed by atoms with Crippen LogP contribution < -0.4 is 10.6 Å². The molecule has 0 unspecified atom stereocenters. The van der Waals surface area contributed by atoms with Gasteiger partial charge < -0.3 is 10.6 Å². The Morgan fingerprint density at radius 1 is 1.22 bits per heavy atom. The molecule has 3 heterocycles. The standard InChI is InChI=1S/C19H22ClN7/c1-13(2)22-8-14-9-25-27(12-14)15-10-23-18(24-11-15)26-19(3,4)17-16(20)6-5-7-21-17/h5-7,9-12,22H,1,8H2,2-4H3,(H,23,24,26). The third kappa shape index (κ3) is 4.62. The maximum atomic E-state index is 6.26. The largest absolute Gasteiger partial charge is 0.385 e. The van der Waals surface area contributed by atoms with Crippen molar-refractivity contribution in [3.05, 3.63) is 71.7 Å². The topological polar surface area (TPSA) is 80.5 Å². The van der Waals surface area contributed by atoms with E-state index in [2.05, 4.69) is 37.3 Å². The van der Waals surface area contributed by atoms with Crippen molar-refractivity contribution in [2.24, 2.45) is 0 Å². The highest BCUT2D eigenvalue weighted by Gasteiger charge is 2.25. The van der Waals surface area contributed by atoms with Crippen LogP contribution in [0.5, 0.6) is 0 Å². The van der Waals surface area contributed by atoms with Gasteiger partial charge >= 0.3 is 0 Å². The number of aromatic nitrogens is 5. The molecule has 0 aliphatic carbocycles. The molecular weight excluding hydrogens is 362 g/mol. The summed E-state index contributed by atoms with van der Waals surface area (Å²) in [5.74, 6) is 0.488. The maximum absolute atomic E-state index is 6.26. The molecule has 7 nitrogen and oxygen atoms in total.